The van der Waals surface area contributed by atoms with Crippen molar-refractivity contribution in [2.75, 3.05) is 0 Å². The number of aryl methyl sites for hydroxylation is 4. The molecule has 8 heteroatoms. The number of hydrogen-bond acceptors (Lipinski definition) is 4. The molecule has 0 heterocycles. The molecule has 0 saturated carbocycles. The molecule has 2 aromatic carbocycles. The van der Waals surface area contributed by atoms with E-state index in [1.165, 1.54) is 12.1 Å². The molecule has 138 valence electrons. The first-order chi connectivity index (χ1) is 11.9. The van der Waals surface area contributed by atoms with Gasteiger partial charge in [0.25, 0.3) is 19.7 Å². The molecule has 0 saturated heterocycles. The molecule has 0 aromatic heterocycles. The van der Waals surface area contributed by atoms with Crippen LogP contribution in [0.25, 0.3) is 5.53 Å². The molecule has 0 N–H and O–H groups in total. The van der Waals surface area contributed by atoms with Crippen molar-refractivity contribution in [2.45, 2.75) is 44.4 Å². The summed E-state index contributed by atoms with van der Waals surface area (Å²) < 4.78 is 50.8. The summed E-state index contributed by atoms with van der Waals surface area (Å²) in [5.74, 6) is 0. The van der Waals surface area contributed by atoms with E-state index >= 15 is 0 Å². The molecule has 0 bridgehead atoms. The maximum atomic E-state index is 13.1. The van der Waals surface area contributed by atoms with Gasteiger partial charge in [0, 0.05) is 0 Å². The fourth-order valence-electron chi connectivity index (χ4n) is 3.04. The van der Waals surface area contributed by atoms with E-state index in [0.717, 1.165) is 5.56 Å². The van der Waals surface area contributed by atoms with Crippen molar-refractivity contribution in [1.82, 2.24) is 0 Å². The van der Waals surface area contributed by atoms with Crippen LogP contribution in [0.5, 0.6) is 0 Å². The number of rotatable bonds is 2. The Bertz CT molecular complexity index is 1130. The third kappa shape index (κ3) is 3.23. The summed E-state index contributed by atoms with van der Waals surface area (Å²) in [6, 6.07) is 7.80. The van der Waals surface area contributed by atoms with Gasteiger partial charge in [0.2, 0.25) is 0 Å². The highest BCUT2D eigenvalue weighted by atomic mass is 32.3. The lowest BCUT2D eigenvalue weighted by atomic mass is 10.1. The summed E-state index contributed by atoms with van der Waals surface area (Å²) in [5, 5.41) is 0. The summed E-state index contributed by atoms with van der Waals surface area (Å²) >= 11 is 0. The SMILES string of the molecule is Cc1cc(C)c(S(=O)(=O)C(=[N+]=[N-])S(=O)(=O)c2cccc(C)c2C)c(C)c1. The van der Waals surface area contributed by atoms with Crippen LogP contribution in [0.15, 0.2) is 40.1 Å². The Labute approximate surface area is 154 Å². The Kier molecular flexibility index (Phi) is 5.24. The second-order valence-corrected chi connectivity index (χ2v) is 10.2. The van der Waals surface area contributed by atoms with E-state index in [1.54, 1.807) is 45.9 Å². The van der Waals surface area contributed by atoms with Crippen LogP contribution in [-0.4, -0.2) is 26.0 Å². The first kappa shape index (κ1) is 20.0. The first-order valence-corrected chi connectivity index (χ1v) is 10.8. The Morgan fingerprint density at radius 1 is 0.846 bits per heavy atom. The van der Waals surface area contributed by atoms with Gasteiger partial charge in [0.1, 0.15) is 0 Å². The zero-order valence-corrected chi connectivity index (χ0v) is 16.9. The molecule has 26 heavy (non-hydrogen) atoms. The van der Waals surface area contributed by atoms with Gasteiger partial charge in [0.05, 0.1) is 9.79 Å². The molecule has 0 atom stereocenters. The van der Waals surface area contributed by atoms with Crippen molar-refractivity contribution < 1.29 is 21.6 Å². The minimum Gasteiger partial charge on any atom is -0.359 e. The molecular weight excluding hydrogens is 372 g/mol. The summed E-state index contributed by atoms with van der Waals surface area (Å²) in [6.45, 7) is 8.25. The van der Waals surface area contributed by atoms with Crippen LogP contribution in [-0.2, 0) is 19.7 Å². The molecule has 0 fully saturated rings. The van der Waals surface area contributed by atoms with Crippen LogP contribution in [0.2, 0.25) is 0 Å². The topological polar surface area (TPSA) is 105 Å². The maximum absolute atomic E-state index is 13.1. The Morgan fingerprint density at radius 2 is 1.38 bits per heavy atom. The summed E-state index contributed by atoms with van der Waals surface area (Å²) in [6.07, 6.45) is 0. The van der Waals surface area contributed by atoms with Crippen molar-refractivity contribution in [3.63, 3.8) is 0 Å². The van der Waals surface area contributed by atoms with Crippen molar-refractivity contribution in [2.24, 2.45) is 0 Å². The maximum Gasteiger partial charge on any atom is 0.504 e. The van der Waals surface area contributed by atoms with Gasteiger partial charge in [-0.05, 0) is 62.9 Å². The molecule has 0 unspecified atom stereocenters. The quantitative estimate of drug-likeness (QED) is 0.339. The Hall–Kier alpha value is -2.28. The molecule has 6 nitrogen and oxygen atoms in total. The fraction of sp³-hybridized carbons (Fsp3) is 0.278. The Balaban J connectivity index is 2.81. The number of sulfone groups is 2. The molecule has 0 spiro atoms. The van der Waals surface area contributed by atoms with E-state index in [4.69, 9.17) is 0 Å². The van der Waals surface area contributed by atoms with Crippen LogP contribution in [0.3, 0.4) is 0 Å². The fourth-order valence-corrected chi connectivity index (χ4v) is 7.08. The van der Waals surface area contributed by atoms with Gasteiger partial charge in [-0.25, -0.2) is 16.8 Å². The van der Waals surface area contributed by atoms with Gasteiger partial charge < -0.3 is 5.53 Å². The minimum absolute atomic E-state index is 0.162. The minimum atomic E-state index is -4.55. The normalized spacial score (nSPS) is 11.9. The smallest absolute Gasteiger partial charge is 0.359 e. The molecule has 0 amide bonds. The number of benzene rings is 2. The van der Waals surface area contributed by atoms with Crippen LogP contribution in [0.4, 0.5) is 0 Å². The van der Waals surface area contributed by atoms with Crippen LogP contribution >= 0.6 is 0 Å². The third-order valence-electron chi connectivity index (χ3n) is 4.26. The highest BCUT2D eigenvalue weighted by Gasteiger charge is 2.45. The van der Waals surface area contributed by atoms with E-state index in [-0.39, 0.29) is 9.79 Å². The second-order valence-electron chi connectivity index (χ2n) is 6.30. The highest BCUT2D eigenvalue weighted by Crippen LogP contribution is 2.28. The predicted octanol–water partition coefficient (Wildman–Crippen LogP) is 3.06. The van der Waals surface area contributed by atoms with Crippen LogP contribution in [0.1, 0.15) is 27.8 Å². The molecule has 0 aliphatic carbocycles. The van der Waals surface area contributed by atoms with Crippen LogP contribution < -0.4 is 0 Å². The van der Waals surface area contributed by atoms with Crippen molar-refractivity contribution in [3.05, 3.63) is 63.7 Å². The van der Waals surface area contributed by atoms with Crippen molar-refractivity contribution >= 4 is 24.1 Å². The van der Waals surface area contributed by atoms with E-state index in [9.17, 15) is 22.4 Å². The molecule has 0 aliphatic rings. The lowest BCUT2D eigenvalue weighted by Crippen LogP contribution is -2.28. The van der Waals surface area contributed by atoms with E-state index in [1.807, 2.05) is 6.92 Å². The lowest BCUT2D eigenvalue weighted by Gasteiger charge is -2.11. The number of nitrogens with zero attached hydrogens (tertiary/aromatic N) is 2. The third-order valence-corrected chi connectivity index (χ3v) is 8.86. The highest BCUT2D eigenvalue weighted by molar-refractivity contribution is 8.31. The predicted molar refractivity (Wildman–Crippen MR) is 99.6 cm³/mol. The van der Waals surface area contributed by atoms with E-state index < -0.39 is 24.1 Å². The standard InChI is InChI=1S/C18H20N2O4S2/c1-11-9-13(3)17(14(4)10-11)26(23,24)18(20-19)25(21,22)16-8-6-7-12(2)15(16)5/h6-10H,1-5H3. The van der Waals surface area contributed by atoms with Crippen LogP contribution in [0, 0.1) is 34.6 Å². The van der Waals surface area contributed by atoms with Crippen molar-refractivity contribution in [3.8, 4) is 0 Å². The lowest BCUT2D eigenvalue weighted by molar-refractivity contribution is 0.00379. The summed E-state index contributed by atoms with van der Waals surface area (Å²) in [4.78, 5) is 2.34. The summed E-state index contributed by atoms with van der Waals surface area (Å²) in [7, 11) is -9.09. The largest absolute Gasteiger partial charge is 0.504 e. The first-order valence-electron chi connectivity index (χ1n) is 7.81. The molecule has 0 aliphatic heterocycles. The second kappa shape index (κ2) is 6.79. The average molecular weight is 393 g/mol. The van der Waals surface area contributed by atoms with Crippen molar-refractivity contribution in [1.29, 1.82) is 0 Å². The van der Waals surface area contributed by atoms with Gasteiger partial charge in [0.15, 0.2) is 0 Å². The monoisotopic (exact) mass is 392 g/mol. The molecular formula is C18H20N2O4S2. The van der Waals surface area contributed by atoms with E-state index in [2.05, 4.69) is 4.79 Å². The number of hydrogen-bond donors (Lipinski definition) is 0. The summed E-state index contributed by atoms with van der Waals surface area (Å²) in [5.41, 5.74) is 12.1. The molecule has 2 rings (SSSR count). The molecule has 2 aromatic rings. The van der Waals surface area contributed by atoms with E-state index in [0.29, 0.717) is 22.3 Å². The van der Waals surface area contributed by atoms with Gasteiger partial charge in [-0.3, -0.25) is 0 Å². The van der Waals surface area contributed by atoms with Gasteiger partial charge >= 0.3 is 4.38 Å². The molecule has 0 radical (unpaired) electrons. The zero-order valence-electron chi connectivity index (χ0n) is 15.2. The van der Waals surface area contributed by atoms with Gasteiger partial charge in [-0.1, -0.05) is 29.8 Å². The Morgan fingerprint density at radius 3 is 1.88 bits per heavy atom. The van der Waals surface area contributed by atoms with Gasteiger partial charge in [-0.15, -0.1) is 4.79 Å². The average Bonchev–Trinajstić information content (AvgIpc) is 2.48. The van der Waals surface area contributed by atoms with Gasteiger partial charge in [-0.2, -0.15) is 0 Å². The zero-order chi connectivity index (χ0) is 19.9.